The molecule has 0 fully saturated rings. The first-order chi connectivity index (χ1) is 6.41. The van der Waals surface area contributed by atoms with Crippen molar-refractivity contribution < 1.29 is 4.84 Å². The van der Waals surface area contributed by atoms with Gasteiger partial charge in [0.25, 0.3) is 0 Å². The molecule has 0 aliphatic heterocycles. The van der Waals surface area contributed by atoms with E-state index < -0.39 is 0 Å². The standard InChI is InChI=1S/C12H27NO/c1-10(2)7-13(8-11(3)4)14-9-12(5)6/h10-12H,7-9H2,1-6H3/q+1. The molecule has 0 rings (SSSR count). The van der Waals surface area contributed by atoms with Gasteiger partial charge in [0.15, 0.2) is 13.1 Å². The van der Waals surface area contributed by atoms with Crippen molar-refractivity contribution in [1.82, 2.24) is 5.06 Å². The number of hydrogen-bond donors (Lipinski definition) is 0. The molecule has 0 amide bonds. The topological polar surface area (TPSA) is 15.1 Å². The zero-order chi connectivity index (χ0) is 11.1. The summed E-state index contributed by atoms with van der Waals surface area (Å²) in [6.45, 7) is 16.2. The largest absolute Gasteiger partial charge is 0.162 e. The van der Waals surface area contributed by atoms with Crippen LogP contribution in [-0.4, -0.2) is 19.7 Å². The smallest absolute Gasteiger partial charge is 0.148 e. The summed E-state index contributed by atoms with van der Waals surface area (Å²) in [6, 6.07) is 0. The molecule has 0 aromatic carbocycles. The van der Waals surface area contributed by atoms with E-state index in [1.54, 1.807) is 0 Å². The third kappa shape index (κ3) is 8.52. The van der Waals surface area contributed by atoms with Crippen molar-refractivity contribution in [2.45, 2.75) is 41.5 Å². The monoisotopic (exact) mass is 201 g/mol. The average molecular weight is 201 g/mol. The van der Waals surface area contributed by atoms with Gasteiger partial charge in [0.1, 0.15) is 6.61 Å². The highest BCUT2D eigenvalue weighted by Crippen LogP contribution is 2.03. The molecule has 0 atom stereocenters. The molecule has 1 radical (unpaired) electrons. The first kappa shape index (κ1) is 13.9. The second kappa shape index (κ2) is 7.24. The Kier molecular flexibility index (Phi) is 7.20. The molecule has 0 saturated heterocycles. The second-order valence-corrected chi connectivity index (χ2v) is 5.32. The maximum Gasteiger partial charge on any atom is 0.162 e. The van der Waals surface area contributed by atoms with Crippen molar-refractivity contribution in [3.63, 3.8) is 0 Å². The number of nitrogens with zero attached hydrogens (tertiary/aromatic N) is 1. The summed E-state index contributed by atoms with van der Waals surface area (Å²) in [7, 11) is 0. The van der Waals surface area contributed by atoms with Gasteiger partial charge >= 0.3 is 0 Å². The van der Waals surface area contributed by atoms with Gasteiger partial charge in [0.05, 0.1) is 0 Å². The van der Waals surface area contributed by atoms with Crippen LogP contribution in [0.3, 0.4) is 0 Å². The van der Waals surface area contributed by atoms with Crippen molar-refractivity contribution in [2.75, 3.05) is 19.7 Å². The third-order valence-electron chi connectivity index (χ3n) is 1.73. The molecule has 0 N–H and O–H groups in total. The Balaban J connectivity index is 3.84. The fourth-order valence-electron chi connectivity index (χ4n) is 1.25. The van der Waals surface area contributed by atoms with E-state index in [0.717, 1.165) is 19.7 Å². The van der Waals surface area contributed by atoms with Gasteiger partial charge in [0.2, 0.25) is 0 Å². The molecule has 85 valence electrons. The minimum Gasteiger partial charge on any atom is -0.148 e. The third-order valence-corrected chi connectivity index (χ3v) is 1.73. The molecule has 0 unspecified atom stereocenters. The number of rotatable bonds is 7. The van der Waals surface area contributed by atoms with E-state index in [-0.39, 0.29) is 0 Å². The van der Waals surface area contributed by atoms with E-state index in [1.807, 2.05) is 0 Å². The molecule has 0 bridgehead atoms. The van der Waals surface area contributed by atoms with Gasteiger partial charge in [-0.1, -0.05) is 41.5 Å². The van der Waals surface area contributed by atoms with Gasteiger partial charge in [-0.25, -0.2) is 0 Å². The van der Waals surface area contributed by atoms with E-state index in [0.29, 0.717) is 17.8 Å². The van der Waals surface area contributed by atoms with Crippen LogP contribution in [-0.2, 0) is 4.84 Å². The predicted molar refractivity (Wildman–Crippen MR) is 62.3 cm³/mol. The van der Waals surface area contributed by atoms with Crippen molar-refractivity contribution >= 4 is 0 Å². The first-order valence-electron chi connectivity index (χ1n) is 5.79. The average Bonchev–Trinajstić information content (AvgIpc) is 1.97. The van der Waals surface area contributed by atoms with Crippen molar-refractivity contribution in [1.29, 1.82) is 0 Å². The van der Waals surface area contributed by atoms with Gasteiger partial charge in [-0.15, -0.1) is 4.84 Å². The Bertz CT molecular complexity index is 122. The second-order valence-electron chi connectivity index (χ2n) is 5.32. The van der Waals surface area contributed by atoms with Gasteiger partial charge in [-0.3, -0.25) is 0 Å². The lowest BCUT2D eigenvalue weighted by Crippen LogP contribution is -2.38. The lowest BCUT2D eigenvalue weighted by Gasteiger charge is -2.14. The van der Waals surface area contributed by atoms with Gasteiger partial charge < -0.3 is 0 Å². The zero-order valence-electron chi connectivity index (χ0n) is 10.7. The summed E-state index contributed by atoms with van der Waals surface area (Å²) < 4.78 is 0. The highest BCUT2D eigenvalue weighted by Gasteiger charge is 2.21. The van der Waals surface area contributed by atoms with Crippen molar-refractivity contribution in [3.8, 4) is 0 Å². The van der Waals surface area contributed by atoms with E-state index in [4.69, 9.17) is 4.84 Å². The Morgan fingerprint density at radius 2 is 1.21 bits per heavy atom. The van der Waals surface area contributed by atoms with Crippen LogP contribution in [0.2, 0.25) is 0 Å². The Morgan fingerprint density at radius 3 is 1.50 bits per heavy atom. The molecule has 0 aliphatic rings. The first-order valence-corrected chi connectivity index (χ1v) is 5.79. The number of hydrogen-bond acceptors (Lipinski definition) is 2. The van der Waals surface area contributed by atoms with Crippen LogP contribution in [0.25, 0.3) is 0 Å². The normalized spacial score (nSPS) is 12.4. The molecule has 0 spiro atoms. The molecule has 0 heterocycles. The number of hydroxylamine groups is 2. The fourth-order valence-corrected chi connectivity index (χ4v) is 1.25. The van der Waals surface area contributed by atoms with Gasteiger partial charge in [0, 0.05) is 11.8 Å². The summed E-state index contributed by atoms with van der Waals surface area (Å²) in [6.07, 6.45) is 0. The summed E-state index contributed by atoms with van der Waals surface area (Å²) in [4.78, 5) is 5.76. The highest BCUT2D eigenvalue weighted by atomic mass is 16.7. The van der Waals surface area contributed by atoms with Crippen LogP contribution in [0.4, 0.5) is 0 Å². The molecule has 0 aromatic rings. The Labute approximate surface area is 89.6 Å². The Hall–Kier alpha value is -0.0800. The van der Waals surface area contributed by atoms with Gasteiger partial charge in [-0.2, -0.15) is 0 Å². The Morgan fingerprint density at radius 1 is 0.786 bits per heavy atom. The summed E-state index contributed by atoms with van der Waals surface area (Å²) in [5, 5.41) is 2.12. The molecular formula is C12H27NO+. The highest BCUT2D eigenvalue weighted by molar-refractivity contribution is 4.59. The van der Waals surface area contributed by atoms with E-state index in [9.17, 15) is 0 Å². The maximum absolute atomic E-state index is 5.76. The van der Waals surface area contributed by atoms with Crippen LogP contribution >= 0.6 is 0 Å². The van der Waals surface area contributed by atoms with E-state index in [1.165, 1.54) is 0 Å². The van der Waals surface area contributed by atoms with Crippen LogP contribution in [0.5, 0.6) is 0 Å². The lowest BCUT2D eigenvalue weighted by molar-refractivity contribution is -0.0934. The molecule has 0 aliphatic carbocycles. The zero-order valence-corrected chi connectivity index (χ0v) is 10.7. The van der Waals surface area contributed by atoms with Gasteiger partial charge in [-0.05, 0) is 11.0 Å². The minimum absolute atomic E-state index is 0.608. The van der Waals surface area contributed by atoms with Crippen molar-refractivity contribution in [3.05, 3.63) is 0 Å². The molecule has 2 nitrogen and oxygen atoms in total. The van der Waals surface area contributed by atoms with E-state index in [2.05, 4.69) is 46.6 Å². The molecule has 14 heavy (non-hydrogen) atoms. The SMILES string of the molecule is CC(C)CO[N+](CC(C)C)CC(C)C. The molecule has 0 saturated carbocycles. The molecular weight excluding hydrogens is 174 g/mol. The fraction of sp³-hybridized carbons (Fsp3) is 1.00. The van der Waals surface area contributed by atoms with Crippen LogP contribution in [0, 0.1) is 17.8 Å². The predicted octanol–water partition coefficient (Wildman–Crippen LogP) is 3.03. The van der Waals surface area contributed by atoms with Crippen LogP contribution in [0.1, 0.15) is 41.5 Å². The summed E-state index contributed by atoms with van der Waals surface area (Å²) in [5.74, 6) is 1.94. The van der Waals surface area contributed by atoms with Crippen LogP contribution in [0.15, 0.2) is 0 Å². The summed E-state index contributed by atoms with van der Waals surface area (Å²) in [5.41, 5.74) is 0. The van der Waals surface area contributed by atoms with Crippen molar-refractivity contribution in [2.24, 2.45) is 17.8 Å². The minimum atomic E-state index is 0.608. The lowest BCUT2D eigenvalue weighted by atomic mass is 10.2. The maximum atomic E-state index is 5.76. The summed E-state index contributed by atoms with van der Waals surface area (Å²) >= 11 is 0. The quantitative estimate of drug-likeness (QED) is 0.456. The van der Waals surface area contributed by atoms with E-state index >= 15 is 0 Å². The van der Waals surface area contributed by atoms with Crippen LogP contribution < -0.4 is 5.06 Å². The molecule has 0 aromatic heterocycles. The molecule has 2 heteroatoms.